The van der Waals surface area contributed by atoms with Crippen molar-refractivity contribution in [3.05, 3.63) is 88.0 Å². The van der Waals surface area contributed by atoms with Crippen molar-refractivity contribution in [3.63, 3.8) is 0 Å². The molecule has 0 spiro atoms. The van der Waals surface area contributed by atoms with Crippen LogP contribution in [0.1, 0.15) is 16.7 Å². The largest absolute Gasteiger partial charge is 0.424 e. The van der Waals surface area contributed by atoms with Gasteiger partial charge in [-0.3, -0.25) is 4.72 Å². The minimum atomic E-state index is -3.70. The Balaban J connectivity index is 1.69. The van der Waals surface area contributed by atoms with Crippen molar-refractivity contribution in [1.82, 2.24) is 14.7 Å². The maximum atomic E-state index is 12.8. The molecule has 0 radical (unpaired) electrons. The number of ether oxygens (including phenoxy) is 1. The van der Waals surface area contributed by atoms with E-state index >= 15 is 0 Å². The van der Waals surface area contributed by atoms with E-state index in [-0.39, 0.29) is 12.4 Å². The molecule has 32 heavy (non-hydrogen) atoms. The first-order chi connectivity index (χ1) is 15.4. The van der Waals surface area contributed by atoms with Gasteiger partial charge >= 0.3 is 11.6 Å². The van der Waals surface area contributed by atoms with Gasteiger partial charge in [0.1, 0.15) is 11.3 Å². The summed E-state index contributed by atoms with van der Waals surface area (Å²) in [5, 5.41) is 0.745. The lowest BCUT2D eigenvalue weighted by atomic mass is 9.99. The predicted octanol–water partition coefficient (Wildman–Crippen LogP) is 3.15. The molecule has 2 aromatic heterocycles. The summed E-state index contributed by atoms with van der Waals surface area (Å²) in [5.74, 6) is 0.436. The SMILES string of the molecule is CNS(=O)(=O)Nc1ccccc1Cc1c(C)c2ccc(Oc3ncccn3)cc2oc1=O. The summed E-state index contributed by atoms with van der Waals surface area (Å²) in [4.78, 5) is 20.8. The van der Waals surface area contributed by atoms with Crippen LogP contribution in [0.4, 0.5) is 5.69 Å². The highest BCUT2D eigenvalue weighted by molar-refractivity contribution is 7.90. The molecular weight excluding hydrogens is 432 g/mol. The van der Waals surface area contributed by atoms with Crippen molar-refractivity contribution in [2.24, 2.45) is 0 Å². The number of fused-ring (bicyclic) bond motifs is 1. The van der Waals surface area contributed by atoms with Crippen LogP contribution in [0.25, 0.3) is 11.0 Å². The fourth-order valence-corrected chi connectivity index (χ4v) is 3.84. The number of nitrogens with zero attached hydrogens (tertiary/aromatic N) is 2. The molecule has 0 saturated heterocycles. The van der Waals surface area contributed by atoms with Gasteiger partial charge in [-0.25, -0.2) is 19.5 Å². The third-order valence-corrected chi connectivity index (χ3v) is 5.93. The maximum Gasteiger partial charge on any atom is 0.340 e. The Morgan fingerprint density at radius 3 is 2.56 bits per heavy atom. The average molecular weight is 452 g/mol. The predicted molar refractivity (Wildman–Crippen MR) is 120 cm³/mol. The zero-order valence-corrected chi connectivity index (χ0v) is 18.1. The lowest BCUT2D eigenvalue weighted by molar-refractivity contribution is 0.440. The third kappa shape index (κ3) is 4.61. The molecule has 10 heteroatoms. The molecule has 0 amide bonds. The fourth-order valence-electron chi connectivity index (χ4n) is 3.25. The van der Waals surface area contributed by atoms with E-state index in [2.05, 4.69) is 19.4 Å². The molecule has 0 unspecified atom stereocenters. The number of rotatable bonds is 7. The van der Waals surface area contributed by atoms with Crippen LogP contribution in [0.5, 0.6) is 11.8 Å². The van der Waals surface area contributed by atoms with E-state index in [9.17, 15) is 13.2 Å². The van der Waals surface area contributed by atoms with Gasteiger partial charge in [0.05, 0.1) is 5.69 Å². The van der Waals surface area contributed by atoms with Crippen LogP contribution in [0.2, 0.25) is 0 Å². The molecule has 164 valence electrons. The molecule has 2 N–H and O–H groups in total. The molecule has 0 bridgehead atoms. The molecule has 2 aromatic carbocycles. The van der Waals surface area contributed by atoms with Crippen molar-refractivity contribution in [1.29, 1.82) is 0 Å². The minimum absolute atomic E-state index is 0.183. The number of nitrogens with one attached hydrogen (secondary N) is 2. The second-order valence-electron chi connectivity index (χ2n) is 6.93. The first-order valence-electron chi connectivity index (χ1n) is 9.66. The van der Waals surface area contributed by atoms with Gasteiger partial charge in [-0.1, -0.05) is 18.2 Å². The molecule has 0 aliphatic heterocycles. The van der Waals surface area contributed by atoms with Crippen molar-refractivity contribution in [2.75, 3.05) is 11.8 Å². The Morgan fingerprint density at radius 1 is 1.06 bits per heavy atom. The molecule has 4 rings (SSSR count). The van der Waals surface area contributed by atoms with Gasteiger partial charge in [0, 0.05) is 42.9 Å². The lowest BCUT2D eigenvalue weighted by Gasteiger charge is -2.13. The van der Waals surface area contributed by atoms with Gasteiger partial charge in [0.25, 0.3) is 10.2 Å². The quantitative estimate of drug-likeness (QED) is 0.413. The number of hydrogen-bond acceptors (Lipinski definition) is 7. The fraction of sp³-hybridized carbons (Fsp3) is 0.136. The van der Waals surface area contributed by atoms with Crippen LogP contribution in [-0.4, -0.2) is 25.4 Å². The molecule has 0 aliphatic rings. The van der Waals surface area contributed by atoms with Crippen LogP contribution >= 0.6 is 0 Å². The Kier molecular flexibility index (Phi) is 5.89. The highest BCUT2D eigenvalue weighted by Gasteiger charge is 2.16. The van der Waals surface area contributed by atoms with Crippen LogP contribution in [0.15, 0.2) is 70.1 Å². The second kappa shape index (κ2) is 8.77. The van der Waals surface area contributed by atoms with Crippen molar-refractivity contribution in [3.8, 4) is 11.8 Å². The summed E-state index contributed by atoms with van der Waals surface area (Å²) in [6.07, 6.45) is 3.32. The van der Waals surface area contributed by atoms with Gasteiger partial charge in [-0.15, -0.1) is 0 Å². The molecule has 4 aromatic rings. The Morgan fingerprint density at radius 2 is 1.81 bits per heavy atom. The van der Waals surface area contributed by atoms with Crippen molar-refractivity contribution in [2.45, 2.75) is 13.3 Å². The van der Waals surface area contributed by atoms with E-state index in [1.54, 1.807) is 60.9 Å². The standard InChI is InChI=1S/C22H20N4O5S/c1-14-17-9-8-16(30-22-24-10-5-11-25-22)13-20(17)31-21(27)18(14)12-15-6-3-4-7-19(15)26-32(28,29)23-2/h3-11,13,23,26H,12H2,1-2H3. The third-order valence-electron chi connectivity index (χ3n) is 4.91. The van der Waals surface area contributed by atoms with Gasteiger partial charge in [0.2, 0.25) is 0 Å². The van der Waals surface area contributed by atoms with E-state index in [1.165, 1.54) is 7.05 Å². The Bertz CT molecular complexity index is 1440. The molecule has 9 nitrogen and oxygen atoms in total. The summed E-state index contributed by atoms with van der Waals surface area (Å²) < 4.78 is 39.7. The number of aromatic nitrogens is 2. The van der Waals surface area contributed by atoms with Gasteiger partial charge in [-0.2, -0.15) is 8.42 Å². The highest BCUT2D eigenvalue weighted by atomic mass is 32.2. The Labute approximate surface area is 184 Å². The van der Waals surface area contributed by atoms with Crippen LogP contribution in [0, 0.1) is 6.92 Å². The second-order valence-corrected chi connectivity index (χ2v) is 8.55. The summed E-state index contributed by atoms with van der Waals surface area (Å²) in [7, 11) is -2.38. The molecule has 0 aliphatic carbocycles. The van der Waals surface area contributed by atoms with E-state index in [4.69, 9.17) is 9.15 Å². The average Bonchev–Trinajstić information content (AvgIpc) is 2.78. The topological polar surface area (TPSA) is 123 Å². The van der Waals surface area contributed by atoms with Crippen molar-refractivity contribution < 1.29 is 17.6 Å². The first-order valence-corrected chi connectivity index (χ1v) is 11.1. The summed E-state index contributed by atoms with van der Waals surface area (Å²) in [6.45, 7) is 1.83. The van der Waals surface area contributed by atoms with E-state index in [0.29, 0.717) is 28.1 Å². The molecule has 2 heterocycles. The van der Waals surface area contributed by atoms with E-state index < -0.39 is 15.8 Å². The number of hydrogen-bond donors (Lipinski definition) is 2. The van der Waals surface area contributed by atoms with Crippen LogP contribution in [-0.2, 0) is 16.6 Å². The highest BCUT2D eigenvalue weighted by Crippen LogP contribution is 2.28. The summed E-state index contributed by atoms with van der Waals surface area (Å²) in [6, 6.07) is 13.9. The number of anilines is 1. The van der Waals surface area contributed by atoms with Crippen molar-refractivity contribution >= 4 is 26.9 Å². The molecular formula is C22H20N4O5S. The van der Waals surface area contributed by atoms with Gasteiger partial charge in [0.15, 0.2) is 0 Å². The number of aryl methyl sites for hydroxylation is 1. The summed E-state index contributed by atoms with van der Waals surface area (Å²) in [5.41, 5.74) is 2.07. The Hall–Kier alpha value is -3.76. The first kappa shape index (κ1) is 21.5. The minimum Gasteiger partial charge on any atom is -0.424 e. The van der Waals surface area contributed by atoms with Crippen LogP contribution < -0.4 is 19.8 Å². The molecule has 0 fully saturated rings. The smallest absolute Gasteiger partial charge is 0.340 e. The molecule has 0 saturated carbocycles. The normalized spacial score (nSPS) is 11.4. The number of para-hydroxylation sites is 1. The monoisotopic (exact) mass is 452 g/mol. The van der Waals surface area contributed by atoms with E-state index in [1.807, 2.05) is 6.92 Å². The molecule has 0 atom stereocenters. The maximum absolute atomic E-state index is 12.8. The van der Waals surface area contributed by atoms with Crippen LogP contribution in [0.3, 0.4) is 0 Å². The zero-order valence-electron chi connectivity index (χ0n) is 17.3. The van der Waals surface area contributed by atoms with Gasteiger partial charge < -0.3 is 9.15 Å². The zero-order chi connectivity index (χ0) is 22.7. The summed E-state index contributed by atoms with van der Waals surface area (Å²) >= 11 is 0. The lowest BCUT2D eigenvalue weighted by Crippen LogP contribution is -2.27. The van der Waals surface area contributed by atoms with Gasteiger partial charge in [-0.05, 0) is 42.3 Å². The number of benzene rings is 2. The van der Waals surface area contributed by atoms with E-state index in [0.717, 1.165) is 10.9 Å².